The summed E-state index contributed by atoms with van der Waals surface area (Å²) in [6.45, 7) is 3.16. The highest BCUT2D eigenvalue weighted by molar-refractivity contribution is 5.99. The van der Waals surface area contributed by atoms with E-state index >= 15 is 0 Å². The van der Waals surface area contributed by atoms with Crippen LogP contribution in [0.25, 0.3) is 0 Å². The average Bonchev–Trinajstić information content (AvgIpc) is 3.52. The summed E-state index contributed by atoms with van der Waals surface area (Å²) in [4.78, 5) is 52.1. The molecule has 3 amide bonds. The highest BCUT2D eigenvalue weighted by Crippen LogP contribution is 2.29. The van der Waals surface area contributed by atoms with Crippen molar-refractivity contribution in [2.75, 3.05) is 41.2 Å². The van der Waals surface area contributed by atoms with Crippen molar-refractivity contribution in [1.82, 2.24) is 21.1 Å². The highest BCUT2D eigenvalue weighted by Gasteiger charge is 2.50. The van der Waals surface area contributed by atoms with E-state index in [1.165, 1.54) is 27.4 Å². The summed E-state index contributed by atoms with van der Waals surface area (Å²) in [5.41, 5.74) is -0.248. The van der Waals surface area contributed by atoms with Crippen molar-refractivity contribution in [3.8, 4) is 5.75 Å². The number of methoxy groups -OCH3 is 3. The van der Waals surface area contributed by atoms with E-state index in [0.29, 0.717) is 11.5 Å². The second-order valence-electron chi connectivity index (χ2n) is 9.32. The van der Waals surface area contributed by atoms with Crippen LogP contribution in [0.2, 0.25) is 0 Å². The number of ketones is 1. The standard InChI is InChI=1S/C26H34N4O9/c1-15-9-19(30-39-15)23(32)28-21(13-36-4)25(34)29-20(12-35-3)24(33)27-18(22(31)26(2)14-38-26)11-16-7-6-8-17(10-16)37-5/h6-10,18,20-21H,11-14H2,1-5H3,(H,27,33)(H,28,32)(H,29,34)/t18?,20-,21?,26+/m0/s1. The molecule has 4 atom stereocenters. The summed E-state index contributed by atoms with van der Waals surface area (Å²) < 4.78 is 25.7. The second-order valence-corrected chi connectivity index (χ2v) is 9.32. The van der Waals surface area contributed by atoms with Crippen LogP contribution in [0.5, 0.6) is 5.75 Å². The molecule has 2 heterocycles. The van der Waals surface area contributed by atoms with Gasteiger partial charge in [-0.3, -0.25) is 19.2 Å². The van der Waals surface area contributed by atoms with Crippen LogP contribution < -0.4 is 20.7 Å². The molecule has 0 spiro atoms. The van der Waals surface area contributed by atoms with E-state index in [4.69, 9.17) is 23.5 Å². The van der Waals surface area contributed by atoms with Crippen molar-refractivity contribution in [3.63, 3.8) is 0 Å². The molecule has 13 heteroatoms. The van der Waals surface area contributed by atoms with Gasteiger partial charge in [0.25, 0.3) is 5.91 Å². The Kier molecular flexibility index (Phi) is 10.2. The van der Waals surface area contributed by atoms with Crippen molar-refractivity contribution >= 4 is 23.5 Å². The molecular weight excluding hydrogens is 512 g/mol. The zero-order valence-corrected chi connectivity index (χ0v) is 22.6. The van der Waals surface area contributed by atoms with Gasteiger partial charge in [-0.1, -0.05) is 17.3 Å². The Hall–Kier alpha value is -3.81. The number of nitrogens with one attached hydrogen (secondary N) is 3. The molecule has 1 saturated heterocycles. The maximum absolute atomic E-state index is 13.3. The molecule has 0 bridgehead atoms. The average molecular weight is 547 g/mol. The molecule has 1 aromatic heterocycles. The first-order valence-electron chi connectivity index (χ1n) is 12.2. The number of hydrogen-bond donors (Lipinski definition) is 3. The summed E-state index contributed by atoms with van der Waals surface area (Å²) in [5.74, 6) is -1.27. The maximum atomic E-state index is 13.3. The Morgan fingerprint density at radius 1 is 0.974 bits per heavy atom. The summed E-state index contributed by atoms with van der Waals surface area (Å²) in [6.07, 6.45) is 0.174. The van der Waals surface area contributed by atoms with E-state index in [-0.39, 0.29) is 37.7 Å². The number of Topliss-reactive ketones (excluding diaryl/α,β-unsaturated/α-hetero) is 1. The van der Waals surface area contributed by atoms with Gasteiger partial charge in [-0.15, -0.1) is 0 Å². The van der Waals surface area contributed by atoms with E-state index in [0.717, 1.165) is 5.56 Å². The smallest absolute Gasteiger partial charge is 0.274 e. The van der Waals surface area contributed by atoms with Crippen LogP contribution in [0.4, 0.5) is 0 Å². The van der Waals surface area contributed by atoms with Crippen LogP contribution in [0.15, 0.2) is 34.9 Å². The molecule has 0 aliphatic carbocycles. The number of epoxide rings is 1. The Labute approximate surface area is 225 Å². The number of ether oxygens (including phenoxy) is 4. The van der Waals surface area contributed by atoms with Gasteiger partial charge in [-0.05, 0) is 38.0 Å². The van der Waals surface area contributed by atoms with Crippen LogP contribution in [0, 0.1) is 6.92 Å². The van der Waals surface area contributed by atoms with Crippen molar-refractivity contribution in [1.29, 1.82) is 0 Å². The van der Waals surface area contributed by atoms with Crippen LogP contribution in [0.3, 0.4) is 0 Å². The molecule has 0 saturated carbocycles. The molecule has 2 aromatic rings. The fourth-order valence-electron chi connectivity index (χ4n) is 3.81. The molecule has 1 fully saturated rings. The molecule has 1 aromatic carbocycles. The van der Waals surface area contributed by atoms with Gasteiger partial charge in [0.2, 0.25) is 11.8 Å². The van der Waals surface area contributed by atoms with Gasteiger partial charge in [0.1, 0.15) is 29.2 Å². The first kappa shape index (κ1) is 29.7. The van der Waals surface area contributed by atoms with E-state index in [1.807, 2.05) is 6.07 Å². The van der Waals surface area contributed by atoms with Gasteiger partial charge in [-0.25, -0.2) is 0 Å². The lowest BCUT2D eigenvalue weighted by Gasteiger charge is -2.25. The molecule has 2 unspecified atom stereocenters. The third-order valence-electron chi connectivity index (χ3n) is 6.09. The summed E-state index contributed by atoms with van der Waals surface area (Å²) in [5, 5.41) is 11.4. The number of amides is 3. The van der Waals surface area contributed by atoms with Gasteiger partial charge in [0.15, 0.2) is 11.5 Å². The third kappa shape index (κ3) is 8.09. The number of carbonyl (C=O) groups is 4. The monoisotopic (exact) mass is 546 g/mol. The minimum Gasteiger partial charge on any atom is -0.497 e. The predicted octanol–water partition coefficient (Wildman–Crippen LogP) is -0.0469. The minimum atomic E-state index is -1.18. The van der Waals surface area contributed by atoms with E-state index in [2.05, 4.69) is 21.1 Å². The van der Waals surface area contributed by atoms with Gasteiger partial charge in [-0.2, -0.15) is 0 Å². The van der Waals surface area contributed by atoms with Crippen LogP contribution in [-0.2, 0) is 35.0 Å². The fourth-order valence-corrected chi connectivity index (χ4v) is 3.81. The Morgan fingerprint density at radius 2 is 1.59 bits per heavy atom. The lowest BCUT2D eigenvalue weighted by Crippen LogP contribution is -2.59. The molecule has 3 rings (SSSR count). The number of nitrogens with zero attached hydrogens (tertiary/aromatic N) is 1. The van der Waals surface area contributed by atoms with Crippen molar-refractivity contribution in [2.24, 2.45) is 0 Å². The van der Waals surface area contributed by atoms with Crippen molar-refractivity contribution in [3.05, 3.63) is 47.3 Å². The lowest BCUT2D eigenvalue weighted by atomic mass is 9.94. The Bertz CT molecular complexity index is 1180. The molecule has 1 aliphatic rings. The van der Waals surface area contributed by atoms with Crippen molar-refractivity contribution < 1.29 is 42.6 Å². The van der Waals surface area contributed by atoms with Gasteiger partial charge >= 0.3 is 0 Å². The Morgan fingerprint density at radius 3 is 2.13 bits per heavy atom. The lowest BCUT2D eigenvalue weighted by molar-refractivity contribution is -0.134. The van der Waals surface area contributed by atoms with Crippen molar-refractivity contribution in [2.45, 2.75) is 44.0 Å². The highest BCUT2D eigenvalue weighted by atomic mass is 16.6. The van der Waals surface area contributed by atoms with E-state index < -0.39 is 41.4 Å². The first-order valence-corrected chi connectivity index (χ1v) is 12.2. The van der Waals surface area contributed by atoms with Gasteiger partial charge in [0, 0.05) is 20.3 Å². The van der Waals surface area contributed by atoms with E-state index in [1.54, 1.807) is 32.0 Å². The second kappa shape index (κ2) is 13.3. The van der Waals surface area contributed by atoms with Gasteiger partial charge < -0.3 is 39.4 Å². The number of rotatable bonds is 15. The molecule has 3 N–H and O–H groups in total. The van der Waals surface area contributed by atoms with E-state index in [9.17, 15) is 19.2 Å². The molecule has 39 heavy (non-hydrogen) atoms. The zero-order chi connectivity index (χ0) is 28.6. The topological polar surface area (TPSA) is 171 Å². The Balaban J connectivity index is 1.73. The number of hydrogen-bond acceptors (Lipinski definition) is 10. The number of aryl methyl sites for hydroxylation is 1. The van der Waals surface area contributed by atoms with Crippen LogP contribution >= 0.6 is 0 Å². The molecule has 1 aliphatic heterocycles. The van der Waals surface area contributed by atoms with Crippen LogP contribution in [-0.4, -0.2) is 93.5 Å². The minimum absolute atomic E-state index is 0.0118. The molecule has 0 radical (unpaired) electrons. The zero-order valence-electron chi connectivity index (χ0n) is 22.6. The normalized spacial score (nSPS) is 18.4. The summed E-state index contributed by atoms with van der Waals surface area (Å²) >= 11 is 0. The molecule has 212 valence electrons. The molecular formula is C26H34N4O9. The largest absolute Gasteiger partial charge is 0.497 e. The van der Waals surface area contributed by atoms with Gasteiger partial charge in [0.05, 0.1) is 33.0 Å². The quantitative estimate of drug-likeness (QED) is 0.257. The third-order valence-corrected chi connectivity index (χ3v) is 6.09. The number of aromatic nitrogens is 1. The molecule has 13 nitrogen and oxygen atoms in total. The number of benzene rings is 1. The SMILES string of the molecule is COCC(NC(=O)c1cc(C)on1)C(=O)N[C@@H](COC)C(=O)NC(Cc1cccc(OC)c1)C(=O)[C@@]1(C)CO1. The number of carbonyl (C=O) groups excluding carboxylic acids is 4. The predicted molar refractivity (Wildman–Crippen MR) is 136 cm³/mol. The fraction of sp³-hybridized carbons (Fsp3) is 0.500. The summed E-state index contributed by atoms with van der Waals surface area (Å²) in [7, 11) is 4.26. The summed E-state index contributed by atoms with van der Waals surface area (Å²) in [6, 6.07) is 5.28. The first-order chi connectivity index (χ1) is 18.6. The maximum Gasteiger partial charge on any atom is 0.274 e. The van der Waals surface area contributed by atoms with Crippen LogP contribution in [0.1, 0.15) is 28.7 Å².